The fraction of sp³-hybridized carbons (Fsp3) is 0.259. The fourth-order valence-corrected chi connectivity index (χ4v) is 4.41. The second-order valence-corrected chi connectivity index (χ2v) is 9.20. The van der Waals surface area contributed by atoms with Gasteiger partial charge in [0.1, 0.15) is 6.33 Å². The van der Waals surface area contributed by atoms with Gasteiger partial charge in [0.05, 0.1) is 24.0 Å². The molecule has 1 aliphatic rings. The molecular weight excluding hydrogens is 426 g/mol. The normalized spacial score (nSPS) is 15.6. The lowest BCUT2D eigenvalue weighted by Gasteiger charge is -2.45. The molecule has 7 nitrogen and oxygen atoms in total. The first-order valence-electron chi connectivity index (χ1n) is 11.4. The van der Waals surface area contributed by atoms with E-state index in [2.05, 4.69) is 35.9 Å². The van der Waals surface area contributed by atoms with Crippen molar-refractivity contribution in [1.29, 1.82) is 0 Å². The van der Waals surface area contributed by atoms with Crippen molar-refractivity contribution in [3.05, 3.63) is 95.2 Å². The Morgan fingerprint density at radius 2 is 1.74 bits per heavy atom. The summed E-state index contributed by atoms with van der Waals surface area (Å²) in [4.78, 5) is 28.0. The van der Waals surface area contributed by atoms with E-state index in [1.54, 1.807) is 16.8 Å². The SMILES string of the molecule is CC1(C)CCn2c(nc(-c3ccncn3)cc2=O)N1CC(O)c1ccc(-c2ccccc2)cc1. The number of aliphatic hydroxyl groups excluding tert-OH is 1. The van der Waals surface area contributed by atoms with Crippen molar-refractivity contribution in [2.45, 2.75) is 38.5 Å². The molecule has 1 unspecified atom stereocenters. The van der Waals surface area contributed by atoms with Crippen LogP contribution in [0.4, 0.5) is 5.95 Å². The Bertz CT molecular complexity index is 1340. The second-order valence-electron chi connectivity index (χ2n) is 9.20. The number of hydrogen-bond donors (Lipinski definition) is 1. The number of benzene rings is 2. The van der Waals surface area contributed by atoms with E-state index in [-0.39, 0.29) is 11.1 Å². The van der Waals surface area contributed by atoms with Crippen LogP contribution in [0.5, 0.6) is 0 Å². The molecule has 0 aliphatic carbocycles. The van der Waals surface area contributed by atoms with Crippen molar-refractivity contribution in [2.75, 3.05) is 11.4 Å². The lowest BCUT2D eigenvalue weighted by molar-refractivity contribution is 0.169. The minimum atomic E-state index is -0.741. The van der Waals surface area contributed by atoms with Crippen LogP contribution in [0.3, 0.4) is 0 Å². The van der Waals surface area contributed by atoms with Gasteiger partial charge in [-0.15, -0.1) is 0 Å². The zero-order valence-electron chi connectivity index (χ0n) is 19.3. The lowest BCUT2D eigenvalue weighted by atomic mass is 9.94. The summed E-state index contributed by atoms with van der Waals surface area (Å²) in [5, 5.41) is 11.2. The van der Waals surface area contributed by atoms with Crippen LogP contribution < -0.4 is 10.5 Å². The van der Waals surface area contributed by atoms with Gasteiger partial charge < -0.3 is 10.0 Å². The van der Waals surface area contributed by atoms with Gasteiger partial charge >= 0.3 is 0 Å². The van der Waals surface area contributed by atoms with E-state index in [0.29, 0.717) is 30.4 Å². The molecule has 0 saturated carbocycles. The van der Waals surface area contributed by atoms with Crippen molar-refractivity contribution >= 4 is 5.95 Å². The Morgan fingerprint density at radius 1 is 1.00 bits per heavy atom. The summed E-state index contributed by atoms with van der Waals surface area (Å²) in [5.41, 5.74) is 3.74. The van der Waals surface area contributed by atoms with Gasteiger partial charge in [0.2, 0.25) is 5.95 Å². The molecular formula is C27H27N5O2. The highest BCUT2D eigenvalue weighted by molar-refractivity contribution is 5.63. The number of aromatic nitrogens is 4. The molecule has 34 heavy (non-hydrogen) atoms. The molecule has 5 rings (SSSR count). The smallest absolute Gasteiger partial charge is 0.255 e. The van der Waals surface area contributed by atoms with Crippen LogP contribution in [0.25, 0.3) is 22.5 Å². The summed E-state index contributed by atoms with van der Waals surface area (Å²) in [7, 11) is 0. The molecule has 2 aromatic carbocycles. The molecule has 1 aliphatic heterocycles. The van der Waals surface area contributed by atoms with E-state index in [4.69, 9.17) is 4.98 Å². The first kappa shape index (κ1) is 22.0. The van der Waals surface area contributed by atoms with E-state index in [0.717, 1.165) is 23.1 Å². The zero-order valence-corrected chi connectivity index (χ0v) is 19.3. The molecule has 1 atom stereocenters. The van der Waals surface area contributed by atoms with Gasteiger partial charge in [-0.1, -0.05) is 54.6 Å². The summed E-state index contributed by atoms with van der Waals surface area (Å²) in [5.74, 6) is 0.553. The third kappa shape index (κ3) is 4.22. The maximum absolute atomic E-state index is 12.9. The predicted molar refractivity (Wildman–Crippen MR) is 132 cm³/mol. The fourth-order valence-electron chi connectivity index (χ4n) is 4.41. The van der Waals surface area contributed by atoms with E-state index in [1.165, 1.54) is 12.4 Å². The van der Waals surface area contributed by atoms with Gasteiger partial charge in [0, 0.05) is 24.3 Å². The number of β-amino-alcohol motifs (C(OH)–C–C–N with tert-alkyl or cyclic N) is 1. The van der Waals surface area contributed by atoms with Gasteiger partial charge in [0.15, 0.2) is 0 Å². The van der Waals surface area contributed by atoms with Gasteiger partial charge in [-0.05, 0) is 43.0 Å². The van der Waals surface area contributed by atoms with Gasteiger partial charge in [-0.3, -0.25) is 9.36 Å². The molecule has 2 aromatic heterocycles. The summed E-state index contributed by atoms with van der Waals surface area (Å²) >= 11 is 0. The third-order valence-electron chi connectivity index (χ3n) is 6.51. The highest BCUT2D eigenvalue weighted by atomic mass is 16.3. The number of rotatable bonds is 5. The Labute approximate surface area is 198 Å². The monoisotopic (exact) mass is 453 g/mol. The minimum absolute atomic E-state index is 0.124. The minimum Gasteiger partial charge on any atom is -0.387 e. The second kappa shape index (κ2) is 8.83. The van der Waals surface area contributed by atoms with Crippen LogP contribution in [0.1, 0.15) is 31.9 Å². The maximum atomic E-state index is 12.9. The number of nitrogens with zero attached hydrogens (tertiary/aromatic N) is 5. The van der Waals surface area contributed by atoms with Crippen molar-refractivity contribution in [3.63, 3.8) is 0 Å². The number of hydrogen-bond acceptors (Lipinski definition) is 6. The van der Waals surface area contributed by atoms with E-state index in [9.17, 15) is 9.90 Å². The molecule has 7 heteroatoms. The molecule has 172 valence electrons. The lowest BCUT2D eigenvalue weighted by Crippen LogP contribution is -2.53. The Hall–Kier alpha value is -3.84. The molecule has 0 saturated heterocycles. The summed E-state index contributed by atoms with van der Waals surface area (Å²) in [6, 6.07) is 21.4. The van der Waals surface area contributed by atoms with Gasteiger partial charge in [-0.25, -0.2) is 15.0 Å². The van der Waals surface area contributed by atoms with Crippen molar-refractivity contribution in [3.8, 4) is 22.5 Å². The number of anilines is 1. The van der Waals surface area contributed by atoms with E-state index in [1.807, 2.05) is 47.4 Å². The molecule has 0 amide bonds. The molecule has 4 aromatic rings. The van der Waals surface area contributed by atoms with Crippen molar-refractivity contribution in [1.82, 2.24) is 19.5 Å². The van der Waals surface area contributed by atoms with Gasteiger partial charge in [0.25, 0.3) is 5.56 Å². The topological polar surface area (TPSA) is 84.1 Å². The third-order valence-corrected chi connectivity index (χ3v) is 6.51. The molecule has 0 fully saturated rings. The van der Waals surface area contributed by atoms with E-state index >= 15 is 0 Å². The van der Waals surface area contributed by atoms with Crippen molar-refractivity contribution < 1.29 is 5.11 Å². The highest BCUT2D eigenvalue weighted by Crippen LogP contribution is 2.33. The molecule has 0 spiro atoms. The van der Waals surface area contributed by atoms with E-state index < -0.39 is 6.10 Å². The van der Waals surface area contributed by atoms with Crippen LogP contribution in [0.15, 0.2) is 84.0 Å². The van der Waals surface area contributed by atoms with Crippen LogP contribution in [-0.2, 0) is 6.54 Å². The predicted octanol–water partition coefficient (Wildman–Crippen LogP) is 4.09. The number of aliphatic hydroxyl groups is 1. The summed E-state index contributed by atoms with van der Waals surface area (Å²) < 4.78 is 1.68. The average molecular weight is 454 g/mol. The van der Waals surface area contributed by atoms with Gasteiger partial charge in [-0.2, -0.15) is 0 Å². The largest absolute Gasteiger partial charge is 0.387 e. The van der Waals surface area contributed by atoms with Crippen LogP contribution in [0.2, 0.25) is 0 Å². The molecule has 0 bridgehead atoms. The number of fused-ring (bicyclic) bond motifs is 1. The van der Waals surface area contributed by atoms with Crippen LogP contribution in [-0.4, -0.2) is 36.7 Å². The Balaban J connectivity index is 1.46. The summed E-state index contributed by atoms with van der Waals surface area (Å²) in [6.07, 6.45) is 3.11. The van der Waals surface area contributed by atoms with Crippen LogP contribution >= 0.6 is 0 Å². The Kier molecular flexibility index (Phi) is 5.71. The van der Waals surface area contributed by atoms with Crippen LogP contribution in [0, 0.1) is 0 Å². The first-order chi connectivity index (χ1) is 16.4. The standard InChI is InChI=1S/C27H27N5O2/c1-27(2)13-15-31-25(34)16-23(22-12-14-28-18-29-22)30-26(31)32(27)17-24(33)21-10-8-20(9-11-21)19-6-4-3-5-7-19/h3-12,14,16,18,24,33H,13,15,17H2,1-2H3. The quantitative estimate of drug-likeness (QED) is 0.490. The maximum Gasteiger partial charge on any atom is 0.255 e. The molecule has 3 heterocycles. The Morgan fingerprint density at radius 3 is 2.44 bits per heavy atom. The molecule has 0 radical (unpaired) electrons. The van der Waals surface area contributed by atoms with Crippen molar-refractivity contribution in [2.24, 2.45) is 0 Å². The summed E-state index contributed by atoms with van der Waals surface area (Å²) in [6.45, 7) is 5.13. The molecule has 1 N–H and O–H groups in total. The highest BCUT2D eigenvalue weighted by Gasteiger charge is 2.36. The zero-order chi connectivity index (χ0) is 23.7. The first-order valence-corrected chi connectivity index (χ1v) is 11.4. The average Bonchev–Trinajstić information content (AvgIpc) is 2.86.